The first-order chi connectivity index (χ1) is 9.90. The quantitative estimate of drug-likeness (QED) is 0.691. The number of thiazole rings is 1. The molecule has 1 N–H and O–H groups in total. The summed E-state index contributed by atoms with van der Waals surface area (Å²) in [7, 11) is 1.27. The number of ether oxygens (including phenoxy) is 1. The van der Waals surface area contributed by atoms with E-state index in [1.54, 1.807) is 0 Å². The molecule has 0 spiro atoms. The molecule has 6 heteroatoms. The number of anilines is 2. The average Bonchev–Trinajstić information content (AvgIpc) is 2.80. The van der Waals surface area contributed by atoms with E-state index in [1.807, 2.05) is 26.0 Å². The van der Waals surface area contributed by atoms with Crippen molar-refractivity contribution in [2.45, 2.75) is 20.8 Å². The van der Waals surface area contributed by atoms with Gasteiger partial charge in [0.2, 0.25) is 0 Å². The molecule has 0 saturated heterocycles. The number of benzene rings is 1. The van der Waals surface area contributed by atoms with E-state index in [2.05, 4.69) is 21.1 Å². The molecule has 0 saturated carbocycles. The lowest BCUT2D eigenvalue weighted by atomic mass is 10.1. The smallest absolute Gasteiger partial charge is 0.358 e. The van der Waals surface area contributed by atoms with Crippen molar-refractivity contribution in [1.29, 1.82) is 0 Å². The minimum absolute atomic E-state index is 0.0573. The number of rotatable bonds is 4. The number of hydrogen-bond donors (Lipinski definition) is 1. The molecule has 0 atom stereocenters. The van der Waals surface area contributed by atoms with Gasteiger partial charge in [0.05, 0.1) is 7.11 Å². The van der Waals surface area contributed by atoms with Crippen LogP contribution in [-0.4, -0.2) is 23.8 Å². The molecule has 0 fully saturated rings. The number of carbonyl (C=O) groups is 2. The van der Waals surface area contributed by atoms with Crippen LogP contribution in [-0.2, 0) is 4.74 Å². The number of nitrogens with one attached hydrogen (secondary N) is 1. The van der Waals surface area contributed by atoms with Crippen LogP contribution >= 0.6 is 11.3 Å². The van der Waals surface area contributed by atoms with Crippen LogP contribution in [0.2, 0.25) is 0 Å². The Kier molecular flexibility index (Phi) is 4.37. The zero-order valence-electron chi connectivity index (χ0n) is 12.3. The Morgan fingerprint density at radius 2 is 1.81 bits per heavy atom. The third kappa shape index (κ3) is 3.46. The molecule has 0 bridgehead atoms. The third-order valence-corrected chi connectivity index (χ3v) is 3.87. The van der Waals surface area contributed by atoms with E-state index in [1.165, 1.54) is 14.0 Å². The number of Topliss-reactive ketones (excluding diaryl/α,β-unsaturated/α-hetero) is 1. The Morgan fingerprint density at radius 3 is 2.33 bits per heavy atom. The molecular formula is C15H16N2O3S. The number of nitrogens with zero attached hydrogens (tertiary/aromatic N) is 1. The van der Waals surface area contributed by atoms with Crippen molar-refractivity contribution in [3.63, 3.8) is 0 Å². The summed E-state index contributed by atoms with van der Waals surface area (Å²) >= 11 is 1.15. The molecule has 5 nitrogen and oxygen atoms in total. The molecule has 0 aliphatic carbocycles. The van der Waals surface area contributed by atoms with E-state index >= 15 is 0 Å². The molecule has 0 aliphatic rings. The van der Waals surface area contributed by atoms with E-state index in [0.717, 1.165) is 28.2 Å². The molecule has 110 valence electrons. The molecule has 1 heterocycles. The molecule has 1 aromatic heterocycles. The maximum Gasteiger partial charge on any atom is 0.358 e. The van der Waals surface area contributed by atoms with Gasteiger partial charge in [0, 0.05) is 12.6 Å². The van der Waals surface area contributed by atoms with Gasteiger partial charge in [0.1, 0.15) is 4.88 Å². The maximum atomic E-state index is 11.7. The monoisotopic (exact) mass is 304 g/mol. The first kappa shape index (κ1) is 15.2. The summed E-state index contributed by atoms with van der Waals surface area (Å²) in [5.74, 6) is -0.814. The Morgan fingerprint density at radius 1 is 1.19 bits per heavy atom. The van der Waals surface area contributed by atoms with Gasteiger partial charge in [-0.3, -0.25) is 4.79 Å². The van der Waals surface area contributed by atoms with Gasteiger partial charge in [-0.15, -0.1) is 0 Å². The highest BCUT2D eigenvalue weighted by molar-refractivity contribution is 7.17. The van der Waals surface area contributed by atoms with Crippen LogP contribution in [0.25, 0.3) is 0 Å². The van der Waals surface area contributed by atoms with Crippen LogP contribution in [0.15, 0.2) is 18.2 Å². The first-order valence-electron chi connectivity index (χ1n) is 6.36. The van der Waals surface area contributed by atoms with Crippen molar-refractivity contribution in [2.75, 3.05) is 12.4 Å². The predicted octanol–water partition coefficient (Wildman–Crippen LogP) is 3.49. The molecule has 21 heavy (non-hydrogen) atoms. The Balaban J connectivity index is 2.36. The highest BCUT2D eigenvalue weighted by atomic mass is 32.1. The highest BCUT2D eigenvalue weighted by Crippen LogP contribution is 2.27. The summed E-state index contributed by atoms with van der Waals surface area (Å²) in [4.78, 5) is 27.7. The number of aryl methyl sites for hydroxylation is 2. The van der Waals surface area contributed by atoms with Gasteiger partial charge in [-0.1, -0.05) is 17.4 Å². The molecular weight excluding hydrogens is 288 g/mol. The standard InChI is InChI=1S/C15H16N2O3S/c1-8-5-9(2)7-11(6-8)16-15-17-12(14(19)20-4)13(21-15)10(3)18/h5-7H,1-4H3,(H,16,17). The second-order valence-corrected chi connectivity index (χ2v) is 5.74. The largest absolute Gasteiger partial charge is 0.464 e. The van der Waals surface area contributed by atoms with E-state index < -0.39 is 5.97 Å². The van der Waals surface area contributed by atoms with Crippen LogP contribution in [0.3, 0.4) is 0 Å². The van der Waals surface area contributed by atoms with Crippen LogP contribution < -0.4 is 5.32 Å². The lowest BCUT2D eigenvalue weighted by molar-refractivity contribution is 0.0591. The number of hydrogen-bond acceptors (Lipinski definition) is 6. The van der Waals surface area contributed by atoms with Crippen molar-refractivity contribution in [2.24, 2.45) is 0 Å². The van der Waals surface area contributed by atoms with Gasteiger partial charge in [-0.25, -0.2) is 9.78 Å². The SMILES string of the molecule is COC(=O)c1nc(Nc2cc(C)cc(C)c2)sc1C(C)=O. The Labute approximate surface area is 127 Å². The van der Waals surface area contributed by atoms with Gasteiger partial charge >= 0.3 is 5.97 Å². The summed E-state index contributed by atoms with van der Waals surface area (Å²) in [6.07, 6.45) is 0. The zero-order chi connectivity index (χ0) is 15.6. The average molecular weight is 304 g/mol. The number of carbonyl (C=O) groups excluding carboxylic acids is 2. The van der Waals surface area contributed by atoms with E-state index in [9.17, 15) is 9.59 Å². The van der Waals surface area contributed by atoms with Crippen LogP contribution in [0.5, 0.6) is 0 Å². The van der Waals surface area contributed by atoms with Crippen molar-refractivity contribution in [3.05, 3.63) is 39.9 Å². The van der Waals surface area contributed by atoms with Crippen LogP contribution in [0.1, 0.15) is 38.2 Å². The van der Waals surface area contributed by atoms with Crippen molar-refractivity contribution < 1.29 is 14.3 Å². The van der Waals surface area contributed by atoms with Crippen molar-refractivity contribution >= 4 is 33.9 Å². The molecule has 0 radical (unpaired) electrons. The van der Waals surface area contributed by atoms with Gasteiger partial charge in [0.15, 0.2) is 16.6 Å². The molecule has 0 amide bonds. The fourth-order valence-corrected chi connectivity index (χ4v) is 2.89. The van der Waals surface area contributed by atoms with Crippen molar-refractivity contribution in [3.8, 4) is 0 Å². The Bertz CT molecular complexity index is 687. The van der Waals surface area contributed by atoms with Crippen LogP contribution in [0.4, 0.5) is 10.8 Å². The molecule has 1 aromatic carbocycles. The van der Waals surface area contributed by atoms with Gasteiger partial charge in [-0.05, 0) is 37.1 Å². The van der Waals surface area contributed by atoms with Crippen molar-refractivity contribution in [1.82, 2.24) is 4.98 Å². The fourth-order valence-electron chi connectivity index (χ4n) is 2.02. The molecule has 0 aliphatic heterocycles. The molecule has 2 aromatic rings. The second-order valence-electron chi connectivity index (χ2n) is 4.75. The number of esters is 1. The maximum absolute atomic E-state index is 11.7. The summed E-state index contributed by atoms with van der Waals surface area (Å²) in [6, 6.07) is 6.01. The normalized spacial score (nSPS) is 10.3. The lowest BCUT2D eigenvalue weighted by Crippen LogP contribution is -2.07. The summed E-state index contributed by atoms with van der Waals surface area (Å²) in [6.45, 7) is 5.41. The summed E-state index contributed by atoms with van der Waals surface area (Å²) in [5.41, 5.74) is 3.16. The third-order valence-electron chi connectivity index (χ3n) is 2.80. The van der Waals surface area contributed by atoms with Crippen LogP contribution in [0, 0.1) is 13.8 Å². The number of aromatic nitrogens is 1. The first-order valence-corrected chi connectivity index (χ1v) is 7.17. The van der Waals surface area contributed by atoms with E-state index in [4.69, 9.17) is 0 Å². The van der Waals surface area contributed by atoms with E-state index in [-0.39, 0.29) is 11.5 Å². The minimum atomic E-state index is -0.607. The highest BCUT2D eigenvalue weighted by Gasteiger charge is 2.21. The van der Waals surface area contributed by atoms with E-state index in [0.29, 0.717) is 10.0 Å². The minimum Gasteiger partial charge on any atom is -0.464 e. The molecule has 2 rings (SSSR count). The second kappa shape index (κ2) is 6.05. The van der Waals surface area contributed by atoms with Gasteiger partial charge in [0.25, 0.3) is 0 Å². The van der Waals surface area contributed by atoms with Gasteiger partial charge < -0.3 is 10.1 Å². The zero-order valence-corrected chi connectivity index (χ0v) is 13.1. The van der Waals surface area contributed by atoms with Gasteiger partial charge in [-0.2, -0.15) is 0 Å². The summed E-state index contributed by atoms with van der Waals surface area (Å²) < 4.78 is 4.65. The lowest BCUT2D eigenvalue weighted by Gasteiger charge is -2.05. The fraction of sp³-hybridized carbons (Fsp3) is 0.267. The Hall–Kier alpha value is -2.21. The number of ketones is 1. The topological polar surface area (TPSA) is 68.3 Å². The predicted molar refractivity (Wildman–Crippen MR) is 82.7 cm³/mol. The molecule has 0 unspecified atom stereocenters. The number of methoxy groups -OCH3 is 1. The summed E-state index contributed by atoms with van der Waals surface area (Å²) in [5, 5.41) is 3.62.